The van der Waals surface area contributed by atoms with Gasteiger partial charge in [0.05, 0.1) is 18.6 Å². The molecule has 1 spiro atoms. The van der Waals surface area contributed by atoms with Crippen molar-refractivity contribution in [1.82, 2.24) is 15.1 Å². The molecule has 1 aliphatic heterocycles. The van der Waals surface area contributed by atoms with E-state index in [-0.39, 0.29) is 55.3 Å². The number of nitrogens with one attached hydrogen (secondary N) is 1. The molecule has 3 N–H and O–H groups in total. The van der Waals surface area contributed by atoms with Gasteiger partial charge in [0.25, 0.3) is 0 Å². The maximum absolute atomic E-state index is 12.5. The summed E-state index contributed by atoms with van der Waals surface area (Å²) in [5, 5.41) is 2.59. The first-order valence-electron chi connectivity index (χ1n) is 7.53. The Kier molecular flexibility index (Phi) is 9.31. The number of nitrogens with two attached hydrogens (primary N) is 1. The van der Waals surface area contributed by atoms with E-state index < -0.39 is 0 Å². The molecule has 0 aromatic heterocycles. The first kappa shape index (κ1) is 21.4. The minimum absolute atomic E-state index is 0. The molecule has 22 heavy (non-hydrogen) atoms. The number of carbonyl (C=O) groups excluding carboxylic acids is 2. The van der Waals surface area contributed by atoms with Gasteiger partial charge in [0.15, 0.2) is 0 Å². The standard InChI is InChI=1S/C14H26N4O2.2ClH/c1-17-7-8-18(13(20)10-16-12(19)9-15)14(11-17)5-3-2-4-6-14;;/h2-11,15H2,1H3,(H,16,19);2*1H. The van der Waals surface area contributed by atoms with Crippen LogP contribution in [-0.4, -0.2) is 66.9 Å². The number of nitrogens with zero attached hydrogens (tertiary/aromatic N) is 2. The Morgan fingerprint density at radius 1 is 1.14 bits per heavy atom. The number of amides is 2. The zero-order valence-corrected chi connectivity index (χ0v) is 14.8. The highest BCUT2D eigenvalue weighted by molar-refractivity contribution is 5.86. The second-order valence-corrected chi connectivity index (χ2v) is 6.05. The number of hydrogen-bond donors (Lipinski definition) is 2. The predicted octanol–water partition coefficient (Wildman–Crippen LogP) is 0.382. The van der Waals surface area contributed by atoms with Crippen LogP contribution in [0.4, 0.5) is 0 Å². The van der Waals surface area contributed by atoms with E-state index in [1.807, 2.05) is 4.90 Å². The highest BCUT2D eigenvalue weighted by atomic mass is 35.5. The molecule has 0 aromatic carbocycles. The Morgan fingerprint density at radius 2 is 1.77 bits per heavy atom. The van der Waals surface area contributed by atoms with Crippen molar-refractivity contribution in [2.24, 2.45) is 5.73 Å². The minimum Gasteiger partial charge on any atom is -0.346 e. The SMILES string of the molecule is CN1CCN(C(=O)CNC(=O)CN)C2(CCCCC2)C1.Cl.Cl. The predicted molar refractivity (Wildman–Crippen MR) is 91.6 cm³/mol. The lowest BCUT2D eigenvalue weighted by atomic mass is 9.78. The molecule has 130 valence electrons. The van der Waals surface area contributed by atoms with Gasteiger partial charge in [-0.3, -0.25) is 9.59 Å². The highest BCUT2D eigenvalue weighted by Gasteiger charge is 2.43. The number of likely N-dealkylation sites (N-methyl/N-ethyl adjacent to an activating group) is 1. The first-order valence-corrected chi connectivity index (χ1v) is 7.53. The average molecular weight is 355 g/mol. The molecule has 2 rings (SSSR count). The van der Waals surface area contributed by atoms with Crippen LogP contribution in [0.15, 0.2) is 0 Å². The molecular formula is C14H28Cl2N4O2. The summed E-state index contributed by atoms with van der Waals surface area (Å²) in [5.41, 5.74) is 5.23. The molecule has 0 unspecified atom stereocenters. The van der Waals surface area contributed by atoms with E-state index in [1.165, 1.54) is 19.3 Å². The van der Waals surface area contributed by atoms with Crippen molar-refractivity contribution < 1.29 is 9.59 Å². The van der Waals surface area contributed by atoms with Gasteiger partial charge in [-0.05, 0) is 19.9 Å². The van der Waals surface area contributed by atoms with Crippen molar-refractivity contribution in [3.8, 4) is 0 Å². The Balaban J connectivity index is 0.00000220. The fourth-order valence-corrected chi connectivity index (χ4v) is 3.54. The third kappa shape index (κ3) is 4.98. The lowest BCUT2D eigenvalue weighted by Crippen LogP contribution is -2.65. The Bertz CT molecular complexity index is 376. The maximum Gasteiger partial charge on any atom is 0.242 e. The van der Waals surface area contributed by atoms with Crippen LogP contribution in [0.5, 0.6) is 0 Å². The second kappa shape index (κ2) is 9.55. The number of carbonyl (C=O) groups is 2. The van der Waals surface area contributed by atoms with Crippen molar-refractivity contribution in [2.45, 2.75) is 37.6 Å². The van der Waals surface area contributed by atoms with Crippen molar-refractivity contribution in [1.29, 1.82) is 0 Å². The van der Waals surface area contributed by atoms with Gasteiger partial charge in [-0.15, -0.1) is 24.8 Å². The van der Waals surface area contributed by atoms with Crippen molar-refractivity contribution in [2.75, 3.05) is 39.8 Å². The highest BCUT2D eigenvalue weighted by Crippen LogP contribution is 2.36. The van der Waals surface area contributed by atoms with Crippen LogP contribution in [0.2, 0.25) is 0 Å². The molecule has 1 heterocycles. The fourth-order valence-electron chi connectivity index (χ4n) is 3.54. The van der Waals surface area contributed by atoms with Gasteiger partial charge >= 0.3 is 0 Å². The van der Waals surface area contributed by atoms with Gasteiger partial charge < -0.3 is 20.9 Å². The van der Waals surface area contributed by atoms with E-state index in [1.54, 1.807) is 0 Å². The molecule has 1 saturated heterocycles. The van der Waals surface area contributed by atoms with Crippen molar-refractivity contribution in [3.63, 3.8) is 0 Å². The van der Waals surface area contributed by atoms with Gasteiger partial charge in [0, 0.05) is 19.6 Å². The molecule has 1 aliphatic carbocycles. The lowest BCUT2D eigenvalue weighted by Gasteiger charge is -2.52. The summed E-state index contributed by atoms with van der Waals surface area (Å²) in [4.78, 5) is 28.0. The summed E-state index contributed by atoms with van der Waals surface area (Å²) in [6, 6.07) is 0. The number of piperazine rings is 1. The van der Waals surface area contributed by atoms with Gasteiger partial charge in [-0.25, -0.2) is 0 Å². The van der Waals surface area contributed by atoms with Crippen LogP contribution >= 0.6 is 24.8 Å². The molecular weight excluding hydrogens is 327 g/mol. The van der Waals surface area contributed by atoms with E-state index >= 15 is 0 Å². The van der Waals surface area contributed by atoms with Crippen LogP contribution in [0.3, 0.4) is 0 Å². The lowest BCUT2D eigenvalue weighted by molar-refractivity contribution is -0.144. The molecule has 8 heteroatoms. The van der Waals surface area contributed by atoms with Crippen LogP contribution in [-0.2, 0) is 9.59 Å². The molecule has 2 fully saturated rings. The third-order valence-corrected chi connectivity index (χ3v) is 4.55. The molecule has 1 saturated carbocycles. The van der Waals surface area contributed by atoms with Crippen LogP contribution in [0, 0.1) is 0 Å². The Labute approximate surface area is 145 Å². The van der Waals surface area contributed by atoms with Crippen molar-refractivity contribution >= 4 is 36.6 Å². The third-order valence-electron chi connectivity index (χ3n) is 4.55. The number of hydrogen-bond acceptors (Lipinski definition) is 4. The monoisotopic (exact) mass is 354 g/mol. The van der Waals surface area contributed by atoms with E-state index in [0.717, 1.165) is 32.5 Å². The van der Waals surface area contributed by atoms with Crippen LogP contribution < -0.4 is 11.1 Å². The first-order chi connectivity index (χ1) is 9.57. The largest absolute Gasteiger partial charge is 0.346 e. The molecule has 6 nitrogen and oxygen atoms in total. The molecule has 0 radical (unpaired) electrons. The van der Waals surface area contributed by atoms with Gasteiger partial charge in [-0.2, -0.15) is 0 Å². The molecule has 0 aromatic rings. The van der Waals surface area contributed by atoms with Crippen LogP contribution in [0.25, 0.3) is 0 Å². The summed E-state index contributed by atoms with van der Waals surface area (Å²) in [6.45, 7) is 2.61. The zero-order valence-electron chi connectivity index (χ0n) is 13.2. The maximum atomic E-state index is 12.5. The van der Waals surface area contributed by atoms with E-state index in [4.69, 9.17) is 5.73 Å². The second-order valence-electron chi connectivity index (χ2n) is 6.05. The zero-order chi connectivity index (χ0) is 14.6. The number of rotatable bonds is 3. The smallest absolute Gasteiger partial charge is 0.242 e. The van der Waals surface area contributed by atoms with Gasteiger partial charge in [0.1, 0.15) is 0 Å². The summed E-state index contributed by atoms with van der Waals surface area (Å²) < 4.78 is 0. The molecule has 2 aliphatic rings. The Hall–Kier alpha value is -0.560. The quantitative estimate of drug-likeness (QED) is 0.767. The number of halogens is 2. The van der Waals surface area contributed by atoms with E-state index in [2.05, 4.69) is 17.3 Å². The van der Waals surface area contributed by atoms with E-state index in [9.17, 15) is 9.59 Å². The molecule has 2 amide bonds. The Morgan fingerprint density at radius 3 is 2.36 bits per heavy atom. The summed E-state index contributed by atoms with van der Waals surface area (Å²) >= 11 is 0. The average Bonchev–Trinajstić information content (AvgIpc) is 2.45. The summed E-state index contributed by atoms with van der Waals surface area (Å²) in [6.07, 6.45) is 5.79. The van der Waals surface area contributed by atoms with Crippen LogP contribution in [0.1, 0.15) is 32.1 Å². The van der Waals surface area contributed by atoms with Crippen molar-refractivity contribution in [3.05, 3.63) is 0 Å². The summed E-state index contributed by atoms with van der Waals surface area (Å²) in [5.74, 6) is -0.244. The minimum atomic E-state index is -0.273. The summed E-state index contributed by atoms with van der Waals surface area (Å²) in [7, 11) is 2.12. The van der Waals surface area contributed by atoms with E-state index in [0.29, 0.717) is 0 Å². The van der Waals surface area contributed by atoms with Gasteiger partial charge in [-0.1, -0.05) is 19.3 Å². The molecule has 0 bridgehead atoms. The topological polar surface area (TPSA) is 78.7 Å². The van der Waals surface area contributed by atoms with Gasteiger partial charge in [0.2, 0.25) is 11.8 Å². The fraction of sp³-hybridized carbons (Fsp3) is 0.857. The molecule has 0 atom stereocenters. The normalized spacial score (nSPS) is 20.7.